The zero-order chi connectivity index (χ0) is 14.0. The highest BCUT2D eigenvalue weighted by Gasteiger charge is 2.27. The van der Waals surface area contributed by atoms with Gasteiger partial charge in [0.25, 0.3) is 5.69 Å². The van der Waals surface area contributed by atoms with E-state index in [4.69, 9.17) is 5.73 Å². The minimum atomic E-state index is -0.583. The number of nitro benzene ring substituents is 1. The first kappa shape index (κ1) is 13.3. The molecule has 2 rings (SSSR count). The Labute approximate surface area is 110 Å². The molecule has 3 N–H and O–H groups in total. The summed E-state index contributed by atoms with van der Waals surface area (Å²) in [6.45, 7) is 1.40. The molecule has 1 unspecified atom stereocenters. The van der Waals surface area contributed by atoms with E-state index < -0.39 is 10.8 Å². The molecule has 1 fully saturated rings. The standard InChI is InChI=1S/C12H16N4O3/c1-14-9-4-5-15(7-9)11-6-8(12(13)17)2-3-10(11)16(18)19/h2-3,6,9,14H,4-5,7H2,1H3,(H2,13,17). The zero-order valence-electron chi connectivity index (χ0n) is 10.6. The summed E-state index contributed by atoms with van der Waals surface area (Å²) < 4.78 is 0. The number of hydrogen-bond donors (Lipinski definition) is 2. The van der Waals surface area contributed by atoms with Crippen molar-refractivity contribution in [2.45, 2.75) is 12.5 Å². The largest absolute Gasteiger partial charge is 0.366 e. The summed E-state index contributed by atoms with van der Waals surface area (Å²) in [5, 5.41) is 14.2. The molecule has 0 radical (unpaired) electrons. The van der Waals surface area contributed by atoms with Crippen molar-refractivity contribution in [3.8, 4) is 0 Å². The Morgan fingerprint density at radius 2 is 2.32 bits per heavy atom. The number of benzene rings is 1. The van der Waals surface area contributed by atoms with Crippen LogP contribution < -0.4 is 16.0 Å². The number of amides is 1. The molecule has 0 saturated carbocycles. The Bertz CT molecular complexity index is 518. The lowest BCUT2D eigenvalue weighted by Gasteiger charge is -2.19. The van der Waals surface area contributed by atoms with E-state index in [1.165, 1.54) is 18.2 Å². The summed E-state index contributed by atoms with van der Waals surface area (Å²) in [4.78, 5) is 23.7. The van der Waals surface area contributed by atoms with E-state index in [9.17, 15) is 14.9 Å². The molecular formula is C12H16N4O3. The maximum absolute atomic E-state index is 11.2. The molecule has 19 heavy (non-hydrogen) atoms. The monoisotopic (exact) mass is 264 g/mol. The maximum Gasteiger partial charge on any atom is 0.292 e. The quantitative estimate of drug-likeness (QED) is 0.608. The molecule has 1 heterocycles. The van der Waals surface area contributed by atoms with Crippen molar-refractivity contribution in [3.63, 3.8) is 0 Å². The van der Waals surface area contributed by atoms with Gasteiger partial charge in [-0.25, -0.2) is 0 Å². The summed E-state index contributed by atoms with van der Waals surface area (Å²) in [6.07, 6.45) is 0.911. The Morgan fingerprint density at radius 3 is 2.84 bits per heavy atom. The summed E-state index contributed by atoms with van der Waals surface area (Å²) >= 11 is 0. The van der Waals surface area contributed by atoms with Crippen LogP contribution in [0.25, 0.3) is 0 Å². The van der Waals surface area contributed by atoms with Gasteiger partial charge in [-0.15, -0.1) is 0 Å². The third-order valence-electron chi connectivity index (χ3n) is 3.39. The molecule has 1 aliphatic heterocycles. The molecule has 1 saturated heterocycles. The fraction of sp³-hybridized carbons (Fsp3) is 0.417. The average molecular weight is 264 g/mol. The van der Waals surface area contributed by atoms with Crippen molar-refractivity contribution in [2.24, 2.45) is 5.73 Å². The molecule has 7 heteroatoms. The Morgan fingerprint density at radius 1 is 1.58 bits per heavy atom. The van der Waals surface area contributed by atoms with Crippen LogP contribution in [0.15, 0.2) is 18.2 Å². The van der Waals surface area contributed by atoms with Crippen molar-refractivity contribution in [3.05, 3.63) is 33.9 Å². The number of nitrogens with zero attached hydrogens (tertiary/aromatic N) is 2. The van der Waals surface area contributed by atoms with Gasteiger partial charge in [-0.1, -0.05) is 0 Å². The van der Waals surface area contributed by atoms with Crippen LogP contribution in [0.3, 0.4) is 0 Å². The zero-order valence-corrected chi connectivity index (χ0v) is 10.6. The molecule has 1 aliphatic rings. The van der Waals surface area contributed by atoms with E-state index in [1.54, 1.807) is 0 Å². The number of rotatable bonds is 4. The molecule has 7 nitrogen and oxygen atoms in total. The average Bonchev–Trinajstić information content (AvgIpc) is 2.86. The van der Waals surface area contributed by atoms with Crippen LogP contribution in [0.4, 0.5) is 11.4 Å². The van der Waals surface area contributed by atoms with Crippen molar-refractivity contribution in [1.82, 2.24) is 5.32 Å². The van der Waals surface area contributed by atoms with Crippen LogP contribution in [0.2, 0.25) is 0 Å². The first-order valence-electron chi connectivity index (χ1n) is 6.03. The van der Waals surface area contributed by atoms with Gasteiger partial charge in [0.15, 0.2) is 0 Å². The fourth-order valence-electron chi connectivity index (χ4n) is 2.30. The molecule has 1 aromatic rings. The third kappa shape index (κ3) is 2.65. The topological polar surface area (TPSA) is 102 Å². The fourth-order valence-corrected chi connectivity index (χ4v) is 2.30. The number of likely N-dealkylation sites (N-methyl/N-ethyl adjacent to an activating group) is 1. The van der Waals surface area contributed by atoms with E-state index >= 15 is 0 Å². The lowest BCUT2D eigenvalue weighted by Crippen LogP contribution is -2.30. The molecular weight excluding hydrogens is 248 g/mol. The molecule has 0 bridgehead atoms. The van der Waals surface area contributed by atoms with E-state index in [1.807, 2.05) is 11.9 Å². The van der Waals surface area contributed by atoms with Gasteiger partial charge in [0.1, 0.15) is 5.69 Å². The normalized spacial score (nSPS) is 18.6. The highest BCUT2D eigenvalue weighted by molar-refractivity contribution is 5.94. The predicted octanol–water partition coefficient (Wildman–Crippen LogP) is 0.492. The van der Waals surface area contributed by atoms with Crippen molar-refractivity contribution in [2.75, 3.05) is 25.0 Å². The molecule has 1 atom stereocenters. The number of nitro groups is 1. The summed E-state index contributed by atoms with van der Waals surface area (Å²) in [5.41, 5.74) is 5.97. The van der Waals surface area contributed by atoms with E-state index in [2.05, 4.69) is 5.32 Å². The predicted molar refractivity (Wildman–Crippen MR) is 71.3 cm³/mol. The highest BCUT2D eigenvalue weighted by atomic mass is 16.6. The third-order valence-corrected chi connectivity index (χ3v) is 3.39. The number of carbonyl (C=O) groups is 1. The summed E-state index contributed by atoms with van der Waals surface area (Å²) in [6, 6.07) is 4.52. The summed E-state index contributed by atoms with van der Waals surface area (Å²) in [5.74, 6) is -0.583. The molecule has 0 spiro atoms. The first-order chi connectivity index (χ1) is 9.02. The van der Waals surface area contributed by atoms with Crippen LogP contribution in [-0.4, -0.2) is 37.0 Å². The number of carbonyl (C=O) groups excluding carboxylic acids is 1. The van der Waals surface area contributed by atoms with Gasteiger partial charge in [0.2, 0.25) is 5.91 Å². The lowest BCUT2D eigenvalue weighted by atomic mass is 10.1. The lowest BCUT2D eigenvalue weighted by molar-refractivity contribution is -0.384. The van der Waals surface area contributed by atoms with Gasteiger partial charge < -0.3 is 16.0 Å². The van der Waals surface area contributed by atoms with Gasteiger partial charge in [-0.3, -0.25) is 14.9 Å². The maximum atomic E-state index is 11.2. The number of anilines is 1. The smallest absolute Gasteiger partial charge is 0.292 e. The molecule has 102 valence electrons. The highest BCUT2D eigenvalue weighted by Crippen LogP contribution is 2.31. The Hall–Kier alpha value is -2.15. The number of nitrogens with two attached hydrogens (primary N) is 1. The SMILES string of the molecule is CNC1CCN(c2cc(C(N)=O)ccc2[N+](=O)[O-])C1. The van der Waals surface area contributed by atoms with E-state index in [0.29, 0.717) is 24.8 Å². The van der Waals surface area contributed by atoms with Crippen LogP contribution in [0.1, 0.15) is 16.8 Å². The van der Waals surface area contributed by atoms with Crippen LogP contribution >= 0.6 is 0 Å². The van der Waals surface area contributed by atoms with Gasteiger partial charge >= 0.3 is 0 Å². The van der Waals surface area contributed by atoms with Crippen LogP contribution in [0, 0.1) is 10.1 Å². The van der Waals surface area contributed by atoms with Gasteiger partial charge in [-0.05, 0) is 25.6 Å². The van der Waals surface area contributed by atoms with Gasteiger partial charge in [-0.2, -0.15) is 0 Å². The van der Waals surface area contributed by atoms with Crippen LogP contribution in [-0.2, 0) is 0 Å². The number of hydrogen-bond acceptors (Lipinski definition) is 5. The first-order valence-corrected chi connectivity index (χ1v) is 6.03. The second-order valence-electron chi connectivity index (χ2n) is 4.55. The van der Waals surface area contributed by atoms with Gasteiger partial charge in [0, 0.05) is 30.8 Å². The Kier molecular flexibility index (Phi) is 3.66. The van der Waals surface area contributed by atoms with Gasteiger partial charge in [0.05, 0.1) is 4.92 Å². The summed E-state index contributed by atoms with van der Waals surface area (Å²) in [7, 11) is 1.86. The molecule has 1 aromatic carbocycles. The second kappa shape index (κ2) is 5.23. The van der Waals surface area contributed by atoms with Crippen LogP contribution in [0.5, 0.6) is 0 Å². The molecule has 1 amide bonds. The second-order valence-corrected chi connectivity index (χ2v) is 4.55. The van der Waals surface area contributed by atoms with E-state index in [0.717, 1.165) is 6.42 Å². The Balaban J connectivity index is 2.38. The minimum absolute atomic E-state index is 0.00162. The van der Waals surface area contributed by atoms with Crippen molar-refractivity contribution < 1.29 is 9.72 Å². The van der Waals surface area contributed by atoms with Crippen molar-refractivity contribution >= 4 is 17.3 Å². The minimum Gasteiger partial charge on any atom is -0.366 e. The molecule has 0 aromatic heterocycles. The van der Waals surface area contributed by atoms with Crippen molar-refractivity contribution in [1.29, 1.82) is 0 Å². The molecule has 0 aliphatic carbocycles. The number of primary amides is 1. The number of nitrogens with one attached hydrogen (secondary N) is 1. The van der Waals surface area contributed by atoms with E-state index in [-0.39, 0.29) is 11.3 Å².